The van der Waals surface area contributed by atoms with Crippen molar-refractivity contribution in [2.45, 2.75) is 12.7 Å². The number of fused-ring (bicyclic) bond motifs is 5. The average Bonchev–Trinajstić information content (AvgIpc) is 2.82. The number of nitrogens with zero attached hydrogens (tertiary/aromatic N) is 4. The van der Waals surface area contributed by atoms with Crippen molar-refractivity contribution in [1.29, 1.82) is 0 Å². The minimum absolute atomic E-state index is 0.00679. The largest absolute Gasteiger partial charge is 0.491 e. The molecule has 172 valence electrons. The van der Waals surface area contributed by atoms with Gasteiger partial charge < -0.3 is 20.1 Å². The van der Waals surface area contributed by atoms with Gasteiger partial charge in [0, 0.05) is 17.5 Å². The van der Waals surface area contributed by atoms with Crippen LogP contribution in [-0.4, -0.2) is 53.8 Å². The number of carbonyl (C=O) groups excluding carboxylic acids is 1. The first-order valence-corrected chi connectivity index (χ1v) is 10.3. The maximum Gasteiger partial charge on any atom is 0.419 e. The number of hydrogen-bond donors (Lipinski definition) is 2. The topological polar surface area (TPSA) is 102 Å². The second-order valence-corrected chi connectivity index (χ2v) is 7.47. The van der Waals surface area contributed by atoms with Gasteiger partial charge in [-0.3, -0.25) is 9.69 Å². The van der Waals surface area contributed by atoms with Crippen LogP contribution in [0.1, 0.15) is 11.1 Å². The summed E-state index contributed by atoms with van der Waals surface area (Å²) in [5.74, 6) is 0.687. The van der Waals surface area contributed by atoms with Crippen LogP contribution in [-0.2, 0) is 22.3 Å². The molecule has 9 nitrogen and oxygen atoms in total. The first-order chi connectivity index (χ1) is 15.9. The highest BCUT2D eigenvalue weighted by atomic mass is 19.4. The Morgan fingerprint density at radius 3 is 2.82 bits per heavy atom. The number of hydrogen-bond acceptors (Lipinski definition) is 8. The summed E-state index contributed by atoms with van der Waals surface area (Å²) >= 11 is 0. The van der Waals surface area contributed by atoms with Crippen molar-refractivity contribution in [3.63, 3.8) is 0 Å². The van der Waals surface area contributed by atoms with Crippen LogP contribution < -0.4 is 20.3 Å². The first-order valence-electron chi connectivity index (χ1n) is 10.3. The van der Waals surface area contributed by atoms with Gasteiger partial charge >= 0.3 is 6.18 Å². The lowest BCUT2D eigenvalue weighted by Gasteiger charge is -2.26. The molecule has 3 aromatic rings. The van der Waals surface area contributed by atoms with E-state index >= 15 is 0 Å². The minimum Gasteiger partial charge on any atom is -0.491 e. The molecule has 2 aliphatic heterocycles. The van der Waals surface area contributed by atoms with Gasteiger partial charge in [-0.1, -0.05) is 12.1 Å². The molecule has 2 aromatic heterocycles. The van der Waals surface area contributed by atoms with Crippen LogP contribution in [0.3, 0.4) is 0 Å². The maximum absolute atomic E-state index is 13.5. The number of carbonyl (C=O) groups is 1. The molecule has 0 atom stereocenters. The molecule has 1 fully saturated rings. The Bertz CT molecular complexity index is 1220. The molecule has 12 heteroatoms. The van der Waals surface area contributed by atoms with Crippen molar-refractivity contribution < 1.29 is 27.4 Å². The lowest BCUT2D eigenvalue weighted by molar-refractivity contribution is -0.139. The smallest absolute Gasteiger partial charge is 0.419 e. The number of alkyl halides is 3. The molecule has 2 aliphatic rings. The molecule has 1 amide bonds. The van der Waals surface area contributed by atoms with E-state index in [9.17, 15) is 18.0 Å². The van der Waals surface area contributed by atoms with Gasteiger partial charge in [0.1, 0.15) is 30.6 Å². The van der Waals surface area contributed by atoms with Crippen LogP contribution in [0.5, 0.6) is 5.75 Å². The monoisotopic (exact) mass is 460 g/mol. The lowest BCUT2D eigenvalue weighted by atomic mass is 10.1. The van der Waals surface area contributed by atoms with Gasteiger partial charge in [0.2, 0.25) is 5.95 Å². The highest BCUT2D eigenvalue weighted by molar-refractivity contribution is 5.97. The van der Waals surface area contributed by atoms with Crippen molar-refractivity contribution in [2.75, 3.05) is 48.4 Å². The van der Waals surface area contributed by atoms with E-state index < -0.39 is 11.7 Å². The molecular formula is C21H19F3N6O3. The molecule has 0 saturated carbocycles. The zero-order valence-electron chi connectivity index (χ0n) is 17.3. The lowest BCUT2D eigenvalue weighted by Crippen LogP contribution is -2.42. The molecule has 33 heavy (non-hydrogen) atoms. The number of rotatable bonds is 1. The predicted octanol–water partition coefficient (Wildman–Crippen LogP) is 2.82. The Balaban J connectivity index is 1.55. The van der Waals surface area contributed by atoms with Crippen LogP contribution in [0, 0.1) is 0 Å². The molecule has 2 N–H and O–H groups in total. The van der Waals surface area contributed by atoms with Crippen LogP contribution in [0.15, 0.2) is 30.5 Å². The number of morpholine rings is 1. The normalized spacial score (nSPS) is 16.8. The van der Waals surface area contributed by atoms with E-state index in [1.807, 2.05) is 0 Å². The summed E-state index contributed by atoms with van der Waals surface area (Å²) in [6.07, 6.45) is -3.01. The van der Waals surface area contributed by atoms with Crippen LogP contribution in [0.25, 0.3) is 10.9 Å². The number of aromatic nitrogens is 3. The third kappa shape index (κ3) is 4.21. The fourth-order valence-corrected chi connectivity index (χ4v) is 3.76. The molecule has 4 heterocycles. The molecule has 0 radical (unpaired) electrons. The van der Waals surface area contributed by atoms with Gasteiger partial charge in [-0.25, -0.2) is 9.97 Å². The Kier molecular flexibility index (Phi) is 5.36. The third-order valence-electron chi connectivity index (χ3n) is 5.31. The van der Waals surface area contributed by atoms with Crippen LogP contribution in [0.4, 0.5) is 30.8 Å². The van der Waals surface area contributed by atoms with E-state index in [0.717, 1.165) is 6.07 Å². The van der Waals surface area contributed by atoms with Gasteiger partial charge in [0.15, 0.2) is 0 Å². The first kappa shape index (κ1) is 21.2. The predicted molar refractivity (Wildman–Crippen MR) is 113 cm³/mol. The molecule has 1 saturated heterocycles. The molecular weight excluding hydrogens is 441 g/mol. The van der Waals surface area contributed by atoms with Gasteiger partial charge in [0.05, 0.1) is 37.0 Å². The molecule has 0 spiro atoms. The average molecular weight is 460 g/mol. The number of benzene rings is 1. The second-order valence-electron chi connectivity index (χ2n) is 7.47. The zero-order valence-corrected chi connectivity index (χ0v) is 17.3. The molecule has 5 rings (SSSR count). The molecule has 1 aromatic carbocycles. The summed E-state index contributed by atoms with van der Waals surface area (Å²) < 4.78 is 51.3. The summed E-state index contributed by atoms with van der Waals surface area (Å²) in [6.45, 7) is 0.971. The minimum atomic E-state index is -4.55. The quantitative estimate of drug-likeness (QED) is 0.572. The van der Waals surface area contributed by atoms with Crippen molar-refractivity contribution >= 4 is 34.4 Å². The van der Waals surface area contributed by atoms with Gasteiger partial charge in [-0.15, -0.1) is 0 Å². The summed E-state index contributed by atoms with van der Waals surface area (Å²) in [4.78, 5) is 27.0. The van der Waals surface area contributed by atoms with Crippen LogP contribution in [0.2, 0.25) is 0 Å². The third-order valence-corrected chi connectivity index (χ3v) is 5.31. The second kappa shape index (κ2) is 8.35. The van der Waals surface area contributed by atoms with Gasteiger partial charge in [-0.05, 0) is 12.1 Å². The highest BCUT2D eigenvalue weighted by Crippen LogP contribution is 2.39. The number of anilines is 3. The van der Waals surface area contributed by atoms with E-state index in [1.165, 1.54) is 17.2 Å². The Hall–Kier alpha value is -3.67. The van der Waals surface area contributed by atoms with Crippen molar-refractivity contribution in [2.24, 2.45) is 0 Å². The molecule has 2 bridgehead atoms. The van der Waals surface area contributed by atoms with Crippen molar-refractivity contribution in [3.8, 4) is 5.75 Å². The summed E-state index contributed by atoms with van der Waals surface area (Å²) in [7, 11) is 0. The number of para-hydroxylation sites is 1. The Morgan fingerprint density at radius 1 is 1.12 bits per heavy atom. The van der Waals surface area contributed by atoms with E-state index in [0.29, 0.717) is 41.3 Å². The fourth-order valence-electron chi connectivity index (χ4n) is 3.76. The Morgan fingerprint density at radius 2 is 2.00 bits per heavy atom. The Labute approximate surface area is 185 Å². The van der Waals surface area contributed by atoms with E-state index in [1.54, 1.807) is 12.1 Å². The number of pyridine rings is 1. The van der Waals surface area contributed by atoms with Gasteiger partial charge in [0.25, 0.3) is 5.91 Å². The zero-order chi connectivity index (χ0) is 23.0. The summed E-state index contributed by atoms with van der Waals surface area (Å²) in [6, 6.07) is 5.61. The van der Waals surface area contributed by atoms with E-state index in [4.69, 9.17) is 9.47 Å². The van der Waals surface area contributed by atoms with Crippen molar-refractivity contribution in [1.82, 2.24) is 15.0 Å². The number of ether oxygens (including phenoxy) is 2. The van der Waals surface area contributed by atoms with Gasteiger partial charge in [-0.2, -0.15) is 18.2 Å². The fraction of sp³-hybridized carbons (Fsp3) is 0.333. The summed E-state index contributed by atoms with van der Waals surface area (Å²) in [5.41, 5.74) is 0.0302. The number of amides is 1. The maximum atomic E-state index is 13.5. The molecule has 0 unspecified atom stereocenters. The number of halogens is 3. The SMILES string of the molecule is O=C1COCCN1c1cc2c3nc(nc2cn1)NCCOc1c(cccc1C(F)(F)F)CN3. The van der Waals surface area contributed by atoms with Crippen LogP contribution >= 0.6 is 0 Å². The highest BCUT2D eigenvalue weighted by Gasteiger charge is 2.35. The molecule has 0 aliphatic carbocycles. The van der Waals surface area contributed by atoms with Crippen molar-refractivity contribution in [3.05, 3.63) is 41.6 Å². The number of nitrogens with one attached hydrogen (secondary N) is 2. The van der Waals surface area contributed by atoms with E-state index in [2.05, 4.69) is 25.6 Å². The van der Waals surface area contributed by atoms with E-state index in [-0.39, 0.29) is 43.9 Å². The summed E-state index contributed by atoms with van der Waals surface area (Å²) in [5, 5.41) is 6.66. The standard InChI is InChI=1S/C21H19F3N6O3/c22-21(23,24)14-3-1-2-12-9-27-19-13-8-16(30-5-7-32-11-17(30)31)26-10-15(13)28-20(29-19)25-4-6-33-18(12)14/h1-3,8,10H,4-7,9,11H2,(H2,25,27,28,29).